The molecule has 6 heteroatoms. The highest BCUT2D eigenvalue weighted by molar-refractivity contribution is 6.01. The number of benzene rings is 3. The lowest BCUT2D eigenvalue weighted by molar-refractivity contribution is -0.135. The van der Waals surface area contributed by atoms with Crippen molar-refractivity contribution in [2.24, 2.45) is 4.99 Å². The molecule has 3 aromatic rings. The van der Waals surface area contributed by atoms with E-state index in [1.807, 2.05) is 66.7 Å². The minimum Gasteiger partial charge on any atom is -0.480 e. The molecule has 1 amide bonds. The minimum absolute atomic E-state index is 0.00657. The average molecular weight is 442 g/mol. The number of carboxylic acid groups (broad SMARTS) is 1. The van der Waals surface area contributed by atoms with E-state index in [0.717, 1.165) is 48.3 Å². The number of hydrogen-bond acceptors (Lipinski definition) is 4. The lowest BCUT2D eigenvalue weighted by atomic mass is 9.98. The van der Waals surface area contributed by atoms with Crippen molar-refractivity contribution in [1.29, 1.82) is 0 Å². The maximum Gasteiger partial charge on any atom is 0.325 e. The number of anilines is 1. The molecule has 0 radical (unpaired) electrons. The van der Waals surface area contributed by atoms with E-state index < -0.39 is 5.97 Å². The average Bonchev–Trinajstić information content (AvgIpc) is 3.28. The second-order valence-corrected chi connectivity index (χ2v) is 8.10. The zero-order valence-corrected chi connectivity index (χ0v) is 18.4. The fourth-order valence-electron chi connectivity index (χ4n) is 4.25. The van der Waals surface area contributed by atoms with Gasteiger partial charge in [0, 0.05) is 29.6 Å². The number of carbonyl (C=O) groups excluding carboxylic acids is 1. The highest BCUT2D eigenvalue weighted by Gasteiger charge is 2.31. The molecule has 1 atom stereocenters. The first-order valence-corrected chi connectivity index (χ1v) is 11.1. The van der Waals surface area contributed by atoms with Crippen molar-refractivity contribution in [1.82, 2.24) is 4.90 Å². The SMILES string of the molecule is O=C(O)C/N=C/c1ccccc1-c1ccccc1NC(=O)[C@H]1CCCN1Cc1ccccc1. The number of likely N-dealkylation sites (tertiary alicyclic amines) is 1. The molecule has 6 nitrogen and oxygen atoms in total. The zero-order chi connectivity index (χ0) is 23.0. The lowest BCUT2D eigenvalue weighted by Crippen LogP contribution is -2.39. The summed E-state index contributed by atoms with van der Waals surface area (Å²) in [6.45, 7) is 1.37. The Morgan fingerprint density at radius 3 is 2.45 bits per heavy atom. The minimum atomic E-state index is -0.979. The number of hydrogen-bond donors (Lipinski definition) is 2. The van der Waals surface area contributed by atoms with Crippen molar-refractivity contribution in [3.8, 4) is 11.1 Å². The van der Waals surface area contributed by atoms with Crippen LogP contribution >= 0.6 is 0 Å². The molecule has 0 spiro atoms. The van der Waals surface area contributed by atoms with Crippen LogP contribution in [0.1, 0.15) is 24.0 Å². The van der Waals surface area contributed by atoms with E-state index in [2.05, 4.69) is 27.3 Å². The van der Waals surface area contributed by atoms with Crippen LogP contribution in [-0.2, 0) is 16.1 Å². The highest BCUT2D eigenvalue weighted by atomic mass is 16.4. The third kappa shape index (κ3) is 5.73. The number of amides is 1. The summed E-state index contributed by atoms with van der Waals surface area (Å²) in [6.07, 6.45) is 3.40. The fraction of sp³-hybridized carbons (Fsp3) is 0.222. The summed E-state index contributed by atoms with van der Waals surface area (Å²) >= 11 is 0. The largest absolute Gasteiger partial charge is 0.480 e. The Labute approximate surface area is 193 Å². The van der Waals surface area contributed by atoms with Crippen molar-refractivity contribution in [2.45, 2.75) is 25.4 Å². The zero-order valence-electron chi connectivity index (χ0n) is 18.4. The molecule has 0 saturated carbocycles. The van der Waals surface area contributed by atoms with Crippen LogP contribution in [0.3, 0.4) is 0 Å². The van der Waals surface area contributed by atoms with Crippen LogP contribution in [0.2, 0.25) is 0 Å². The van der Waals surface area contributed by atoms with Gasteiger partial charge in [-0.25, -0.2) is 0 Å². The third-order valence-electron chi connectivity index (χ3n) is 5.79. The summed E-state index contributed by atoms with van der Waals surface area (Å²) in [5.74, 6) is -0.985. The number of para-hydroxylation sites is 1. The molecule has 0 aromatic heterocycles. The van der Waals surface area contributed by atoms with Crippen LogP contribution in [0.5, 0.6) is 0 Å². The first-order valence-electron chi connectivity index (χ1n) is 11.1. The fourth-order valence-corrected chi connectivity index (χ4v) is 4.25. The summed E-state index contributed by atoms with van der Waals surface area (Å²) in [7, 11) is 0. The van der Waals surface area contributed by atoms with Crippen molar-refractivity contribution in [3.05, 3.63) is 90.0 Å². The van der Waals surface area contributed by atoms with Gasteiger partial charge in [-0.2, -0.15) is 0 Å². The summed E-state index contributed by atoms with van der Waals surface area (Å²) in [5.41, 5.74) is 4.48. The molecule has 1 saturated heterocycles. The van der Waals surface area contributed by atoms with E-state index in [1.54, 1.807) is 6.21 Å². The van der Waals surface area contributed by atoms with E-state index in [4.69, 9.17) is 5.11 Å². The normalized spacial score (nSPS) is 16.2. The Balaban J connectivity index is 1.54. The molecule has 1 heterocycles. The molecule has 4 rings (SSSR count). The van der Waals surface area contributed by atoms with Crippen LogP contribution in [0, 0.1) is 0 Å². The first kappa shape index (κ1) is 22.4. The van der Waals surface area contributed by atoms with Gasteiger partial charge in [0.15, 0.2) is 0 Å². The number of nitrogens with one attached hydrogen (secondary N) is 1. The second-order valence-electron chi connectivity index (χ2n) is 8.10. The van der Waals surface area contributed by atoms with E-state index in [1.165, 1.54) is 5.56 Å². The first-order chi connectivity index (χ1) is 16.1. The second kappa shape index (κ2) is 10.7. The van der Waals surface area contributed by atoms with Gasteiger partial charge in [-0.1, -0.05) is 72.8 Å². The maximum atomic E-state index is 13.3. The van der Waals surface area contributed by atoms with Gasteiger partial charge < -0.3 is 10.4 Å². The van der Waals surface area contributed by atoms with Crippen LogP contribution in [-0.4, -0.2) is 47.2 Å². The molecule has 0 bridgehead atoms. The molecule has 3 aromatic carbocycles. The molecule has 1 aliphatic heterocycles. The van der Waals surface area contributed by atoms with Crippen LogP contribution < -0.4 is 5.32 Å². The molecule has 0 unspecified atom stereocenters. The Hall–Kier alpha value is -3.77. The monoisotopic (exact) mass is 441 g/mol. The number of aliphatic imine (C=N–C) groups is 1. The Morgan fingerprint density at radius 2 is 1.67 bits per heavy atom. The predicted molar refractivity (Wildman–Crippen MR) is 130 cm³/mol. The number of rotatable bonds is 8. The van der Waals surface area contributed by atoms with Gasteiger partial charge in [-0.15, -0.1) is 0 Å². The van der Waals surface area contributed by atoms with Crippen LogP contribution in [0.4, 0.5) is 5.69 Å². The van der Waals surface area contributed by atoms with E-state index >= 15 is 0 Å². The van der Waals surface area contributed by atoms with Crippen molar-refractivity contribution in [3.63, 3.8) is 0 Å². The molecular weight excluding hydrogens is 414 g/mol. The van der Waals surface area contributed by atoms with E-state index in [-0.39, 0.29) is 18.5 Å². The predicted octanol–water partition coefficient (Wildman–Crippen LogP) is 4.46. The number of aliphatic carboxylic acids is 1. The van der Waals surface area contributed by atoms with Gasteiger partial charge in [0.1, 0.15) is 6.54 Å². The molecule has 33 heavy (non-hydrogen) atoms. The third-order valence-corrected chi connectivity index (χ3v) is 5.79. The van der Waals surface area contributed by atoms with E-state index in [0.29, 0.717) is 0 Å². The Morgan fingerprint density at radius 1 is 0.970 bits per heavy atom. The standard InChI is InChI=1S/C27H27N3O3/c31-26(32)18-28-17-21-11-4-5-12-22(21)23-13-6-7-14-24(23)29-27(33)25-15-8-16-30(25)19-20-9-2-1-3-10-20/h1-7,9-14,17,25H,8,15-16,18-19H2,(H,29,33)(H,31,32)/b28-17+/t25-/m1/s1. The molecule has 168 valence electrons. The van der Waals surface area contributed by atoms with Gasteiger partial charge >= 0.3 is 5.97 Å². The van der Waals surface area contributed by atoms with Crippen molar-refractivity contribution < 1.29 is 14.7 Å². The summed E-state index contributed by atoms with van der Waals surface area (Å²) in [5, 5.41) is 12.0. The maximum absolute atomic E-state index is 13.3. The lowest BCUT2D eigenvalue weighted by Gasteiger charge is -2.24. The van der Waals surface area contributed by atoms with Gasteiger partial charge in [0.25, 0.3) is 0 Å². The van der Waals surface area contributed by atoms with E-state index in [9.17, 15) is 9.59 Å². The van der Waals surface area contributed by atoms with Gasteiger partial charge in [-0.05, 0) is 36.6 Å². The van der Waals surface area contributed by atoms with Gasteiger partial charge in [-0.3, -0.25) is 19.5 Å². The smallest absolute Gasteiger partial charge is 0.325 e. The van der Waals surface area contributed by atoms with Gasteiger partial charge in [0.2, 0.25) is 5.91 Å². The molecule has 1 fully saturated rings. The van der Waals surface area contributed by atoms with Crippen LogP contribution in [0.15, 0.2) is 83.9 Å². The molecular formula is C27H27N3O3. The van der Waals surface area contributed by atoms with Crippen LogP contribution in [0.25, 0.3) is 11.1 Å². The van der Waals surface area contributed by atoms with Crippen molar-refractivity contribution >= 4 is 23.8 Å². The Bertz CT molecular complexity index is 1140. The quantitative estimate of drug-likeness (QED) is 0.506. The number of carboxylic acids is 1. The summed E-state index contributed by atoms with van der Waals surface area (Å²) in [6, 6.07) is 25.4. The number of nitrogens with zero attached hydrogens (tertiary/aromatic N) is 2. The Kier molecular flexibility index (Phi) is 7.27. The highest BCUT2D eigenvalue weighted by Crippen LogP contribution is 2.31. The summed E-state index contributed by atoms with van der Waals surface area (Å²) < 4.78 is 0. The molecule has 1 aliphatic rings. The van der Waals surface area contributed by atoms with Gasteiger partial charge in [0.05, 0.1) is 6.04 Å². The van der Waals surface area contributed by atoms with Crippen molar-refractivity contribution in [2.75, 3.05) is 18.4 Å². The number of carbonyl (C=O) groups is 2. The molecule has 0 aliphatic carbocycles. The topological polar surface area (TPSA) is 82.0 Å². The summed E-state index contributed by atoms with van der Waals surface area (Å²) in [4.78, 5) is 30.4. The molecule has 2 N–H and O–H groups in total.